The van der Waals surface area contributed by atoms with Gasteiger partial charge >= 0.3 is 0 Å². The van der Waals surface area contributed by atoms with E-state index < -0.39 is 0 Å². The Hall–Kier alpha value is -0.940. The molecule has 0 bridgehead atoms. The Kier molecular flexibility index (Phi) is 5.04. The molecule has 0 saturated carbocycles. The van der Waals surface area contributed by atoms with Crippen molar-refractivity contribution in [2.75, 3.05) is 5.32 Å². The van der Waals surface area contributed by atoms with Crippen LogP contribution in [0.4, 0.5) is 5.82 Å². The maximum absolute atomic E-state index is 4.63. The average molecular weight is 413 g/mol. The number of anilines is 1. The van der Waals surface area contributed by atoms with E-state index in [1.54, 1.807) is 0 Å². The molecule has 1 aromatic carbocycles. The summed E-state index contributed by atoms with van der Waals surface area (Å²) in [6.07, 6.45) is 0. The van der Waals surface area contributed by atoms with Gasteiger partial charge in [-0.2, -0.15) is 0 Å². The first-order valence-corrected chi connectivity index (χ1v) is 8.41. The number of benzene rings is 1. The van der Waals surface area contributed by atoms with Crippen LogP contribution in [0, 0.1) is 0 Å². The van der Waals surface area contributed by atoms with Gasteiger partial charge in [-0.3, -0.25) is 0 Å². The molecule has 1 aromatic heterocycles. The van der Waals surface area contributed by atoms with E-state index in [0.717, 1.165) is 20.7 Å². The predicted molar refractivity (Wildman–Crippen MR) is 94.6 cm³/mol. The Morgan fingerprint density at radius 1 is 1.05 bits per heavy atom. The average Bonchev–Trinajstić information content (AvgIpc) is 2.37. The molecule has 1 N–H and O–H groups in total. The minimum Gasteiger partial charge on any atom is -0.363 e. The molecular weight excluding hydrogens is 394 g/mol. The maximum atomic E-state index is 4.63. The molecule has 2 rings (SSSR count). The zero-order valence-corrected chi connectivity index (χ0v) is 15.8. The van der Waals surface area contributed by atoms with Gasteiger partial charge in [0.05, 0.1) is 0 Å². The van der Waals surface area contributed by atoms with Gasteiger partial charge in [-0.05, 0) is 40.5 Å². The summed E-state index contributed by atoms with van der Waals surface area (Å²) < 4.78 is 1.88. The zero-order chi connectivity index (χ0) is 15.6. The van der Waals surface area contributed by atoms with Crippen LogP contribution in [0.15, 0.2) is 39.4 Å². The van der Waals surface area contributed by atoms with E-state index in [1.807, 2.05) is 18.2 Å². The Balaban J connectivity index is 2.23. The van der Waals surface area contributed by atoms with Gasteiger partial charge < -0.3 is 5.32 Å². The summed E-state index contributed by atoms with van der Waals surface area (Å²) in [6, 6.07) is 10.4. The van der Waals surface area contributed by atoms with Crippen LogP contribution in [0.2, 0.25) is 0 Å². The predicted octanol–water partition coefficient (Wildman–Crippen LogP) is 5.47. The van der Waals surface area contributed by atoms with E-state index in [1.165, 1.54) is 5.56 Å². The molecule has 1 atom stereocenters. The summed E-state index contributed by atoms with van der Waals surface area (Å²) in [6.45, 7) is 8.44. The van der Waals surface area contributed by atoms with Crippen molar-refractivity contribution in [2.45, 2.75) is 39.2 Å². The summed E-state index contributed by atoms with van der Waals surface area (Å²) >= 11 is 6.92. The van der Waals surface area contributed by atoms with Crippen molar-refractivity contribution < 1.29 is 0 Å². The molecule has 0 spiro atoms. The molecule has 0 amide bonds. The lowest BCUT2D eigenvalue weighted by molar-refractivity contribution is 0.544. The molecule has 0 fully saturated rings. The Morgan fingerprint density at radius 2 is 1.67 bits per heavy atom. The molecular formula is C16H19Br2N3. The molecule has 1 unspecified atom stereocenters. The number of aromatic nitrogens is 2. The molecule has 1 heterocycles. The fraction of sp³-hybridized carbons (Fsp3) is 0.375. The van der Waals surface area contributed by atoms with Crippen LogP contribution >= 0.6 is 31.9 Å². The largest absolute Gasteiger partial charge is 0.363 e. The zero-order valence-electron chi connectivity index (χ0n) is 12.6. The van der Waals surface area contributed by atoms with Crippen LogP contribution in [0.1, 0.15) is 45.1 Å². The maximum Gasteiger partial charge on any atom is 0.137 e. The van der Waals surface area contributed by atoms with Gasteiger partial charge in [-0.1, -0.05) is 48.8 Å². The van der Waals surface area contributed by atoms with Gasteiger partial charge in [0.15, 0.2) is 0 Å². The van der Waals surface area contributed by atoms with E-state index in [0.29, 0.717) is 0 Å². The minimum atomic E-state index is -0.0823. The molecule has 0 aliphatic carbocycles. The van der Waals surface area contributed by atoms with E-state index in [-0.39, 0.29) is 11.5 Å². The molecule has 3 nitrogen and oxygen atoms in total. The number of halogens is 2. The third-order valence-corrected chi connectivity index (χ3v) is 4.04. The number of nitrogens with zero attached hydrogens (tertiary/aromatic N) is 2. The standard InChI is InChI=1S/C16H19Br2N3/c1-10(11-5-7-12(17)8-6-11)19-14-9-13(18)20-15(21-14)16(2,3)4/h5-10H,1-4H3,(H,19,20,21). The van der Waals surface area contributed by atoms with Gasteiger partial charge in [-0.15, -0.1) is 0 Å². The van der Waals surface area contributed by atoms with Gasteiger partial charge in [0.1, 0.15) is 16.2 Å². The number of hydrogen-bond donors (Lipinski definition) is 1. The van der Waals surface area contributed by atoms with Gasteiger partial charge in [0.2, 0.25) is 0 Å². The van der Waals surface area contributed by atoms with Gasteiger partial charge in [-0.25, -0.2) is 9.97 Å². The molecule has 0 saturated heterocycles. The van der Waals surface area contributed by atoms with E-state index in [9.17, 15) is 0 Å². The van der Waals surface area contributed by atoms with Crippen molar-refractivity contribution in [3.63, 3.8) is 0 Å². The summed E-state index contributed by atoms with van der Waals surface area (Å²) in [7, 11) is 0. The van der Waals surface area contributed by atoms with Crippen molar-refractivity contribution in [3.8, 4) is 0 Å². The lowest BCUT2D eigenvalue weighted by Crippen LogP contribution is -2.18. The van der Waals surface area contributed by atoms with Gasteiger partial charge in [0, 0.05) is 22.0 Å². The topological polar surface area (TPSA) is 37.8 Å². The van der Waals surface area contributed by atoms with E-state index in [4.69, 9.17) is 0 Å². The molecule has 21 heavy (non-hydrogen) atoms. The molecule has 0 aliphatic heterocycles. The van der Waals surface area contributed by atoms with Crippen molar-refractivity contribution in [1.82, 2.24) is 9.97 Å². The number of nitrogens with one attached hydrogen (secondary N) is 1. The highest BCUT2D eigenvalue weighted by atomic mass is 79.9. The van der Waals surface area contributed by atoms with Crippen molar-refractivity contribution in [3.05, 3.63) is 50.8 Å². The normalized spacial score (nSPS) is 13.0. The first-order chi connectivity index (χ1) is 9.75. The third kappa shape index (κ3) is 4.51. The summed E-state index contributed by atoms with van der Waals surface area (Å²) in [5, 5.41) is 3.43. The van der Waals surface area contributed by atoms with Crippen LogP contribution in [0.3, 0.4) is 0 Å². The molecule has 0 radical (unpaired) electrons. The molecule has 112 valence electrons. The lowest BCUT2D eigenvalue weighted by Gasteiger charge is -2.20. The fourth-order valence-electron chi connectivity index (χ4n) is 1.88. The molecule has 0 aliphatic rings. The summed E-state index contributed by atoms with van der Waals surface area (Å²) in [5.74, 6) is 1.65. The lowest BCUT2D eigenvalue weighted by atomic mass is 9.96. The minimum absolute atomic E-state index is 0.0823. The SMILES string of the molecule is CC(Nc1cc(Br)nc(C(C)(C)C)n1)c1ccc(Br)cc1. The van der Waals surface area contributed by atoms with E-state index >= 15 is 0 Å². The van der Waals surface area contributed by atoms with E-state index in [2.05, 4.69) is 87.0 Å². The number of hydrogen-bond acceptors (Lipinski definition) is 3. The first-order valence-electron chi connectivity index (χ1n) is 6.83. The Morgan fingerprint density at radius 3 is 2.24 bits per heavy atom. The fourth-order valence-corrected chi connectivity index (χ4v) is 2.53. The molecule has 5 heteroatoms. The second-order valence-electron chi connectivity index (χ2n) is 6.07. The monoisotopic (exact) mass is 411 g/mol. The Labute approximate surface area is 142 Å². The van der Waals surface area contributed by atoms with Crippen LogP contribution in [-0.2, 0) is 5.41 Å². The highest BCUT2D eigenvalue weighted by Crippen LogP contribution is 2.25. The third-order valence-electron chi connectivity index (χ3n) is 3.10. The van der Waals surface area contributed by atoms with Crippen LogP contribution < -0.4 is 5.32 Å². The van der Waals surface area contributed by atoms with Crippen LogP contribution in [0.5, 0.6) is 0 Å². The summed E-state index contributed by atoms with van der Waals surface area (Å²) in [5.41, 5.74) is 1.13. The summed E-state index contributed by atoms with van der Waals surface area (Å²) in [4.78, 5) is 9.08. The van der Waals surface area contributed by atoms with Gasteiger partial charge in [0.25, 0.3) is 0 Å². The smallest absolute Gasteiger partial charge is 0.137 e. The van der Waals surface area contributed by atoms with Crippen LogP contribution in [0.25, 0.3) is 0 Å². The quantitative estimate of drug-likeness (QED) is 0.679. The van der Waals surface area contributed by atoms with Crippen LogP contribution in [-0.4, -0.2) is 9.97 Å². The second-order valence-corrected chi connectivity index (χ2v) is 7.80. The van der Waals surface area contributed by atoms with Crippen molar-refractivity contribution in [2.24, 2.45) is 0 Å². The second kappa shape index (κ2) is 6.44. The highest BCUT2D eigenvalue weighted by Gasteiger charge is 2.19. The Bertz CT molecular complexity index is 618. The van der Waals surface area contributed by atoms with Crippen molar-refractivity contribution >= 4 is 37.7 Å². The number of rotatable bonds is 3. The molecule has 2 aromatic rings. The highest BCUT2D eigenvalue weighted by molar-refractivity contribution is 9.10. The first kappa shape index (κ1) is 16.4. The van der Waals surface area contributed by atoms with Crippen molar-refractivity contribution in [1.29, 1.82) is 0 Å².